The summed E-state index contributed by atoms with van der Waals surface area (Å²) in [5.74, 6) is -0.536. The Bertz CT molecular complexity index is 1040. The van der Waals surface area contributed by atoms with Crippen LogP contribution in [0.2, 0.25) is 0 Å². The molecule has 29 heavy (non-hydrogen) atoms. The monoisotopic (exact) mass is 419 g/mol. The van der Waals surface area contributed by atoms with Crippen molar-refractivity contribution in [1.82, 2.24) is 0 Å². The zero-order valence-electron chi connectivity index (χ0n) is 16.4. The number of benzene rings is 2. The van der Waals surface area contributed by atoms with Gasteiger partial charge in [0.05, 0.1) is 21.3 Å². The number of anilines is 1. The summed E-state index contributed by atoms with van der Waals surface area (Å²) in [4.78, 5) is 22.5. The van der Waals surface area contributed by atoms with Gasteiger partial charge in [-0.1, -0.05) is 0 Å². The van der Waals surface area contributed by atoms with E-state index in [4.69, 9.17) is 9.47 Å². The van der Waals surface area contributed by atoms with Crippen molar-refractivity contribution in [2.24, 2.45) is 0 Å². The number of ketones is 1. The van der Waals surface area contributed by atoms with Crippen molar-refractivity contribution < 1.29 is 32.2 Å². The Morgan fingerprint density at radius 3 is 2.17 bits per heavy atom. The first-order valence-corrected chi connectivity index (χ1v) is 9.86. The largest absolute Gasteiger partial charge is 0.493 e. The third-order valence-corrected chi connectivity index (χ3v) is 5.30. The lowest BCUT2D eigenvalue weighted by atomic mass is 10.1. The Morgan fingerprint density at radius 1 is 1.00 bits per heavy atom. The first kappa shape index (κ1) is 22.0. The minimum absolute atomic E-state index is 0.00979. The van der Waals surface area contributed by atoms with E-state index in [9.17, 15) is 18.0 Å². The van der Waals surface area contributed by atoms with Crippen molar-refractivity contribution in [1.29, 1.82) is 0 Å². The number of hydrogen-bond acceptors (Lipinski definition) is 7. The van der Waals surface area contributed by atoms with E-state index in [0.717, 1.165) is 6.08 Å². The first-order chi connectivity index (χ1) is 13.7. The van der Waals surface area contributed by atoms with Crippen LogP contribution in [-0.2, 0) is 19.6 Å². The summed E-state index contributed by atoms with van der Waals surface area (Å²) in [7, 11) is -0.151. The second-order valence-corrected chi connectivity index (χ2v) is 7.50. The van der Waals surface area contributed by atoms with Gasteiger partial charge >= 0.3 is 5.97 Å². The van der Waals surface area contributed by atoms with Crippen LogP contribution in [0.3, 0.4) is 0 Å². The molecule has 2 rings (SSSR count). The van der Waals surface area contributed by atoms with Crippen molar-refractivity contribution in [2.75, 3.05) is 26.1 Å². The van der Waals surface area contributed by atoms with E-state index >= 15 is 0 Å². The molecule has 0 aliphatic carbocycles. The molecular formula is C20H21NO7S. The standard InChI is InChI=1S/C20H21NO7S/c1-13(22)15-6-8-16(9-7-15)21-29(24,25)18-12-14(5-10-19(23)27-3)11-17(26-2)20(18)28-4/h5-12,21H,1-4H3. The second kappa shape index (κ2) is 9.24. The third-order valence-electron chi connectivity index (χ3n) is 3.91. The number of rotatable bonds is 8. The minimum Gasteiger partial charge on any atom is -0.493 e. The lowest BCUT2D eigenvalue weighted by Crippen LogP contribution is -2.15. The minimum atomic E-state index is -4.08. The van der Waals surface area contributed by atoms with Gasteiger partial charge in [-0.05, 0) is 55.0 Å². The Morgan fingerprint density at radius 2 is 1.66 bits per heavy atom. The fraction of sp³-hybridized carbons (Fsp3) is 0.200. The first-order valence-electron chi connectivity index (χ1n) is 8.37. The summed E-state index contributed by atoms with van der Waals surface area (Å²) in [5, 5.41) is 0. The molecule has 154 valence electrons. The average molecular weight is 419 g/mol. The molecule has 0 fully saturated rings. The topological polar surface area (TPSA) is 108 Å². The van der Waals surface area contributed by atoms with Gasteiger partial charge in [-0.2, -0.15) is 0 Å². The van der Waals surface area contributed by atoms with Crippen molar-refractivity contribution >= 4 is 33.5 Å². The number of hydrogen-bond donors (Lipinski definition) is 1. The van der Waals surface area contributed by atoms with Gasteiger partial charge in [0.15, 0.2) is 17.3 Å². The summed E-state index contributed by atoms with van der Waals surface area (Å²) >= 11 is 0. The van der Waals surface area contributed by atoms with Crippen LogP contribution in [-0.4, -0.2) is 41.5 Å². The van der Waals surface area contributed by atoms with E-state index in [1.807, 2.05) is 0 Å². The number of carbonyl (C=O) groups excluding carboxylic acids is 2. The van der Waals surface area contributed by atoms with Gasteiger partial charge in [0, 0.05) is 17.3 Å². The SMILES string of the molecule is COC(=O)C=Cc1cc(OC)c(OC)c(S(=O)(=O)Nc2ccc(C(C)=O)cc2)c1. The third kappa shape index (κ3) is 5.35. The number of nitrogens with one attached hydrogen (secondary N) is 1. The van der Waals surface area contributed by atoms with Gasteiger partial charge in [-0.3, -0.25) is 9.52 Å². The molecule has 0 aliphatic rings. The Kier molecular flexibility index (Phi) is 7.00. The zero-order valence-corrected chi connectivity index (χ0v) is 17.2. The zero-order chi connectivity index (χ0) is 21.6. The molecule has 0 radical (unpaired) electrons. The molecule has 0 saturated carbocycles. The van der Waals surface area contributed by atoms with Crippen LogP contribution in [0.1, 0.15) is 22.8 Å². The molecular weight excluding hydrogens is 398 g/mol. The predicted molar refractivity (Wildman–Crippen MR) is 108 cm³/mol. The lowest BCUT2D eigenvalue weighted by molar-refractivity contribution is -0.134. The molecule has 0 unspecified atom stereocenters. The molecule has 1 N–H and O–H groups in total. The highest BCUT2D eigenvalue weighted by Crippen LogP contribution is 2.37. The highest BCUT2D eigenvalue weighted by atomic mass is 32.2. The Hall–Kier alpha value is -3.33. The van der Waals surface area contributed by atoms with E-state index in [-0.39, 0.29) is 27.9 Å². The van der Waals surface area contributed by atoms with Gasteiger partial charge in [0.25, 0.3) is 10.0 Å². The molecule has 0 atom stereocenters. The molecule has 0 aliphatic heterocycles. The van der Waals surface area contributed by atoms with Gasteiger partial charge in [0.1, 0.15) is 4.90 Å². The molecule has 0 aromatic heterocycles. The van der Waals surface area contributed by atoms with Crippen LogP contribution in [0.4, 0.5) is 5.69 Å². The molecule has 0 spiro atoms. The van der Waals surface area contributed by atoms with Crippen LogP contribution in [0.5, 0.6) is 11.5 Å². The lowest BCUT2D eigenvalue weighted by Gasteiger charge is -2.15. The fourth-order valence-corrected chi connectivity index (χ4v) is 3.74. The molecule has 0 amide bonds. The molecule has 9 heteroatoms. The van der Waals surface area contributed by atoms with Gasteiger partial charge in [-0.25, -0.2) is 13.2 Å². The molecule has 0 heterocycles. The van der Waals surface area contributed by atoms with Crippen LogP contribution in [0.25, 0.3) is 6.08 Å². The number of Topliss-reactive ketones (excluding diaryl/α,β-unsaturated/α-hetero) is 1. The Balaban J connectivity index is 2.49. The normalized spacial score (nSPS) is 11.2. The van der Waals surface area contributed by atoms with E-state index in [0.29, 0.717) is 11.1 Å². The van der Waals surface area contributed by atoms with E-state index in [1.165, 1.54) is 70.7 Å². The number of methoxy groups -OCH3 is 3. The summed E-state index contributed by atoms with van der Waals surface area (Å²) in [6.07, 6.45) is 2.56. The van der Waals surface area contributed by atoms with Crippen LogP contribution >= 0.6 is 0 Å². The number of carbonyl (C=O) groups is 2. The molecule has 2 aromatic rings. The van der Waals surface area contributed by atoms with Crippen molar-refractivity contribution in [3.05, 3.63) is 53.6 Å². The summed E-state index contributed by atoms with van der Waals surface area (Å²) in [5.41, 5.74) is 1.12. The van der Waals surface area contributed by atoms with E-state index in [1.54, 1.807) is 0 Å². The maximum absolute atomic E-state index is 13.0. The summed E-state index contributed by atoms with van der Waals surface area (Å²) in [6.45, 7) is 1.42. The van der Waals surface area contributed by atoms with Crippen molar-refractivity contribution in [2.45, 2.75) is 11.8 Å². The molecule has 0 saturated heterocycles. The second-order valence-electron chi connectivity index (χ2n) is 5.85. The van der Waals surface area contributed by atoms with Crippen LogP contribution in [0.15, 0.2) is 47.4 Å². The number of esters is 1. The number of sulfonamides is 1. The van der Waals surface area contributed by atoms with Gasteiger partial charge < -0.3 is 14.2 Å². The maximum atomic E-state index is 13.0. The van der Waals surface area contributed by atoms with Gasteiger partial charge in [0.2, 0.25) is 0 Å². The number of ether oxygens (including phenoxy) is 3. The van der Waals surface area contributed by atoms with Crippen molar-refractivity contribution in [3.63, 3.8) is 0 Å². The highest BCUT2D eigenvalue weighted by Gasteiger charge is 2.24. The summed E-state index contributed by atoms with van der Waals surface area (Å²) < 4.78 is 43.4. The maximum Gasteiger partial charge on any atom is 0.330 e. The molecule has 2 aromatic carbocycles. The highest BCUT2D eigenvalue weighted by molar-refractivity contribution is 7.92. The Labute approximate surface area is 169 Å². The average Bonchev–Trinajstić information content (AvgIpc) is 2.71. The predicted octanol–water partition coefficient (Wildman–Crippen LogP) is 2.89. The van der Waals surface area contributed by atoms with Crippen LogP contribution in [0, 0.1) is 0 Å². The summed E-state index contributed by atoms with van der Waals surface area (Å²) in [6, 6.07) is 8.88. The smallest absolute Gasteiger partial charge is 0.330 e. The van der Waals surface area contributed by atoms with E-state index < -0.39 is 16.0 Å². The molecule has 8 nitrogen and oxygen atoms in total. The van der Waals surface area contributed by atoms with Crippen LogP contribution < -0.4 is 14.2 Å². The van der Waals surface area contributed by atoms with Crippen molar-refractivity contribution in [3.8, 4) is 11.5 Å². The molecule has 0 bridgehead atoms. The van der Waals surface area contributed by atoms with Gasteiger partial charge in [-0.15, -0.1) is 0 Å². The fourth-order valence-electron chi connectivity index (χ4n) is 2.46. The van der Waals surface area contributed by atoms with E-state index in [2.05, 4.69) is 9.46 Å². The quantitative estimate of drug-likeness (QED) is 0.398.